The minimum absolute atomic E-state index is 0.0744. The summed E-state index contributed by atoms with van der Waals surface area (Å²) in [5, 5.41) is 3.50. The van der Waals surface area contributed by atoms with Crippen LogP contribution >= 0.6 is 0 Å². The highest BCUT2D eigenvalue weighted by Crippen LogP contribution is 2.16. The van der Waals surface area contributed by atoms with Crippen LogP contribution in [-0.2, 0) is 7.05 Å². The van der Waals surface area contributed by atoms with E-state index in [-0.39, 0.29) is 16.9 Å². The molecule has 0 aliphatic carbocycles. The van der Waals surface area contributed by atoms with Gasteiger partial charge in [0.05, 0.1) is 16.9 Å². The fourth-order valence-electron chi connectivity index (χ4n) is 3.05. The van der Waals surface area contributed by atoms with Gasteiger partial charge in [0.1, 0.15) is 5.82 Å². The van der Waals surface area contributed by atoms with Gasteiger partial charge in [-0.2, -0.15) is 0 Å². The third-order valence-corrected chi connectivity index (χ3v) is 4.15. The molecular weight excluding hydrogens is 273 g/mol. The molecule has 1 fully saturated rings. The molecule has 0 bridgehead atoms. The summed E-state index contributed by atoms with van der Waals surface area (Å²) >= 11 is 0. The summed E-state index contributed by atoms with van der Waals surface area (Å²) in [4.78, 5) is 25.1. The van der Waals surface area contributed by atoms with Crippen molar-refractivity contribution in [3.63, 3.8) is 0 Å². The first kappa shape index (κ1) is 14.0. The zero-order valence-corrected chi connectivity index (χ0v) is 11.9. The monoisotopic (exact) mass is 291 g/mol. The summed E-state index contributed by atoms with van der Waals surface area (Å²) in [6.07, 6.45) is 2.78. The number of hydrogen-bond acceptors (Lipinski definition) is 3. The highest BCUT2D eigenvalue weighted by Gasteiger charge is 2.21. The van der Waals surface area contributed by atoms with Crippen molar-refractivity contribution in [2.24, 2.45) is 7.05 Å². The Labute approximate surface area is 121 Å². The third-order valence-electron chi connectivity index (χ3n) is 4.15. The van der Waals surface area contributed by atoms with E-state index in [0.717, 1.165) is 25.8 Å². The molecule has 1 aliphatic rings. The summed E-state index contributed by atoms with van der Waals surface area (Å²) < 4.78 is 16.4. The standard InChI is InChI=1S/C15H18FN3O2/c1-18-13-11(6-4-7-12(13)16)14(20)19(15(18)21)10-5-2-3-8-17-9-10/h4,6-7,10,17H,2-3,5,8-9H2,1H3. The fraction of sp³-hybridized carbons (Fsp3) is 0.467. The second-order valence-electron chi connectivity index (χ2n) is 5.51. The molecule has 0 spiro atoms. The van der Waals surface area contributed by atoms with Gasteiger partial charge in [-0.1, -0.05) is 12.5 Å². The van der Waals surface area contributed by atoms with E-state index in [0.29, 0.717) is 6.54 Å². The largest absolute Gasteiger partial charge is 0.331 e. The van der Waals surface area contributed by atoms with Crippen LogP contribution in [0.15, 0.2) is 27.8 Å². The SMILES string of the molecule is Cn1c(=O)n(C2CCCCNC2)c(=O)c2cccc(F)c21. The van der Waals surface area contributed by atoms with Crippen LogP contribution in [0, 0.1) is 5.82 Å². The molecule has 0 radical (unpaired) electrons. The van der Waals surface area contributed by atoms with Gasteiger partial charge in [0.25, 0.3) is 5.56 Å². The number of nitrogens with zero attached hydrogens (tertiary/aromatic N) is 2. The number of para-hydroxylation sites is 1. The van der Waals surface area contributed by atoms with E-state index in [2.05, 4.69) is 5.32 Å². The van der Waals surface area contributed by atoms with E-state index in [1.807, 2.05) is 0 Å². The minimum atomic E-state index is -0.546. The smallest absolute Gasteiger partial charge is 0.315 e. The van der Waals surface area contributed by atoms with Crippen LogP contribution in [0.1, 0.15) is 25.3 Å². The van der Waals surface area contributed by atoms with Crippen LogP contribution in [0.25, 0.3) is 10.9 Å². The first-order valence-electron chi connectivity index (χ1n) is 7.21. The Morgan fingerprint density at radius 2 is 2.10 bits per heavy atom. The highest BCUT2D eigenvalue weighted by atomic mass is 19.1. The summed E-state index contributed by atoms with van der Waals surface area (Å²) in [5.74, 6) is -0.546. The lowest BCUT2D eigenvalue weighted by Gasteiger charge is -2.19. The van der Waals surface area contributed by atoms with Crippen LogP contribution in [0.5, 0.6) is 0 Å². The van der Waals surface area contributed by atoms with Gasteiger partial charge >= 0.3 is 5.69 Å². The molecular formula is C15H18FN3O2. The maximum absolute atomic E-state index is 13.9. The molecule has 1 unspecified atom stereocenters. The molecule has 1 atom stereocenters. The lowest BCUT2D eigenvalue weighted by Crippen LogP contribution is -2.44. The maximum atomic E-state index is 13.9. The Hall–Kier alpha value is -1.95. The zero-order valence-electron chi connectivity index (χ0n) is 11.9. The van der Waals surface area contributed by atoms with Crippen molar-refractivity contribution in [2.45, 2.75) is 25.3 Å². The van der Waals surface area contributed by atoms with Crippen molar-refractivity contribution in [2.75, 3.05) is 13.1 Å². The number of benzene rings is 1. The number of aromatic nitrogens is 2. The Balaban J connectivity index is 2.29. The van der Waals surface area contributed by atoms with Crippen molar-refractivity contribution in [3.05, 3.63) is 44.9 Å². The van der Waals surface area contributed by atoms with Gasteiger partial charge in [0.15, 0.2) is 0 Å². The van der Waals surface area contributed by atoms with Crippen molar-refractivity contribution >= 4 is 10.9 Å². The predicted octanol–water partition coefficient (Wildman–Crippen LogP) is 1.15. The number of halogens is 1. The Bertz CT molecular complexity index is 786. The molecule has 1 saturated heterocycles. The third kappa shape index (κ3) is 2.29. The molecule has 2 aromatic rings. The van der Waals surface area contributed by atoms with Crippen LogP contribution in [0.2, 0.25) is 0 Å². The first-order valence-corrected chi connectivity index (χ1v) is 7.21. The molecule has 1 aliphatic heterocycles. The maximum Gasteiger partial charge on any atom is 0.331 e. The van der Waals surface area contributed by atoms with Gasteiger partial charge in [0.2, 0.25) is 0 Å². The van der Waals surface area contributed by atoms with Gasteiger partial charge in [-0.25, -0.2) is 9.18 Å². The van der Waals surface area contributed by atoms with Crippen molar-refractivity contribution in [1.82, 2.24) is 14.5 Å². The molecule has 0 amide bonds. The number of fused-ring (bicyclic) bond motifs is 1. The molecule has 1 N–H and O–H groups in total. The fourth-order valence-corrected chi connectivity index (χ4v) is 3.05. The molecule has 1 aromatic heterocycles. The molecule has 2 heterocycles. The van der Waals surface area contributed by atoms with Gasteiger partial charge in [-0.15, -0.1) is 0 Å². The summed E-state index contributed by atoms with van der Waals surface area (Å²) in [7, 11) is 1.51. The number of hydrogen-bond donors (Lipinski definition) is 1. The Kier molecular flexibility index (Phi) is 3.63. The molecule has 3 rings (SSSR count). The quantitative estimate of drug-likeness (QED) is 0.857. The lowest BCUT2D eigenvalue weighted by atomic mass is 10.1. The molecule has 5 nitrogen and oxygen atoms in total. The van der Waals surface area contributed by atoms with E-state index in [9.17, 15) is 14.0 Å². The molecule has 21 heavy (non-hydrogen) atoms. The van der Waals surface area contributed by atoms with Gasteiger partial charge < -0.3 is 5.32 Å². The van der Waals surface area contributed by atoms with Crippen molar-refractivity contribution in [3.8, 4) is 0 Å². The summed E-state index contributed by atoms with van der Waals surface area (Å²) in [5.41, 5.74) is -0.780. The van der Waals surface area contributed by atoms with Crippen LogP contribution < -0.4 is 16.6 Å². The highest BCUT2D eigenvalue weighted by molar-refractivity contribution is 5.78. The Morgan fingerprint density at radius 3 is 2.90 bits per heavy atom. The number of nitrogens with one attached hydrogen (secondary N) is 1. The van der Waals surface area contributed by atoms with E-state index in [1.165, 1.54) is 28.3 Å². The average molecular weight is 291 g/mol. The van der Waals surface area contributed by atoms with E-state index in [1.54, 1.807) is 6.07 Å². The predicted molar refractivity (Wildman–Crippen MR) is 79.2 cm³/mol. The van der Waals surface area contributed by atoms with E-state index >= 15 is 0 Å². The first-order chi connectivity index (χ1) is 10.1. The van der Waals surface area contributed by atoms with Gasteiger partial charge in [0, 0.05) is 13.6 Å². The molecule has 0 saturated carbocycles. The van der Waals surface area contributed by atoms with E-state index in [4.69, 9.17) is 0 Å². The van der Waals surface area contributed by atoms with Crippen molar-refractivity contribution in [1.29, 1.82) is 0 Å². The van der Waals surface area contributed by atoms with E-state index < -0.39 is 17.1 Å². The number of aryl methyl sites for hydroxylation is 1. The second-order valence-corrected chi connectivity index (χ2v) is 5.51. The summed E-state index contributed by atoms with van der Waals surface area (Å²) in [6, 6.07) is 4.16. The zero-order chi connectivity index (χ0) is 15.0. The average Bonchev–Trinajstić information content (AvgIpc) is 2.74. The van der Waals surface area contributed by atoms with Crippen LogP contribution in [-0.4, -0.2) is 22.2 Å². The van der Waals surface area contributed by atoms with Gasteiger partial charge in [-0.3, -0.25) is 13.9 Å². The van der Waals surface area contributed by atoms with Crippen LogP contribution in [0.3, 0.4) is 0 Å². The van der Waals surface area contributed by atoms with Crippen molar-refractivity contribution < 1.29 is 4.39 Å². The molecule has 6 heteroatoms. The minimum Gasteiger partial charge on any atom is -0.315 e. The second kappa shape index (κ2) is 5.44. The Morgan fingerprint density at radius 1 is 1.29 bits per heavy atom. The van der Waals surface area contributed by atoms with Crippen LogP contribution in [0.4, 0.5) is 4.39 Å². The lowest BCUT2D eigenvalue weighted by molar-refractivity contribution is 0.425. The molecule has 1 aromatic carbocycles. The number of rotatable bonds is 1. The van der Waals surface area contributed by atoms with Gasteiger partial charge in [-0.05, 0) is 31.5 Å². The molecule has 112 valence electrons. The topological polar surface area (TPSA) is 56.0 Å². The summed E-state index contributed by atoms with van der Waals surface area (Å²) in [6.45, 7) is 1.49. The normalized spacial score (nSPS) is 19.6.